The second-order valence-electron chi connectivity index (χ2n) is 5.55. The molecule has 0 saturated carbocycles. The highest BCUT2D eigenvalue weighted by molar-refractivity contribution is 6.30. The molecule has 0 bridgehead atoms. The van der Waals surface area contributed by atoms with E-state index in [-0.39, 0.29) is 23.4 Å². The number of rotatable bonds is 4. The minimum Gasteiger partial charge on any atom is -0.373 e. The second-order valence-corrected chi connectivity index (χ2v) is 5.98. The molecule has 1 amide bonds. The first-order valence-electron chi connectivity index (χ1n) is 7.55. The molecule has 1 aliphatic heterocycles. The number of carbonyl (C=O) groups is 1. The van der Waals surface area contributed by atoms with Crippen molar-refractivity contribution >= 4 is 23.3 Å². The number of halogens is 1. The lowest BCUT2D eigenvalue weighted by Gasteiger charge is -2.32. The third-order valence-electron chi connectivity index (χ3n) is 3.82. The normalized spacial score (nSPS) is 17.8. The molecule has 2 aromatic rings. The minimum atomic E-state index is -0.222. The SMILES string of the molecule is Cn1ccnc(NC[C@@H]2CN(C(=O)c3cc(Cl)c[nH]3)CCO2)c1=O. The standard InChI is InChI=1S/C15H18ClN5O3/c1-20-3-2-17-13(15(20)23)19-8-11-9-21(4-5-24-11)14(22)12-6-10(16)7-18-12/h2-3,6-7,11,18H,4-5,8-9H2,1H3,(H,17,19)/t11-/m1/s1. The first-order chi connectivity index (χ1) is 11.5. The van der Waals surface area contributed by atoms with Crippen molar-refractivity contribution < 1.29 is 9.53 Å². The minimum absolute atomic E-state index is 0.121. The summed E-state index contributed by atoms with van der Waals surface area (Å²) in [5, 5.41) is 3.49. The van der Waals surface area contributed by atoms with Gasteiger partial charge in [0.1, 0.15) is 5.69 Å². The summed E-state index contributed by atoms with van der Waals surface area (Å²) < 4.78 is 7.11. The van der Waals surface area contributed by atoms with E-state index in [0.29, 0.717) is 37.0 Å². The van der Waals surface area contributed by atoms with E-state index < -0.39 is 0 Å². The summed E-state index contributed by atoms with van der Waals surface area (Å²) >= 11 is 5.84. The van der Waals surface area contributed by atoms with Crippen LogP contribution in [0.4, 0.5) is 5.82 Å². The zero-order chi connectivity index (χ0) is 17.1. The van der Waals surface area contributed by atoms with Gasteiger partial charge in [-0.05, 0) is 6.07 Å². The molecule has 2 aromatic heterocycles. The number of morpholine rings is 1. The maximum Gasteiger partial charge on any atom is 0.293 e. The van der Waals surface area contributed by atoms with Crippen molar-refractivity contribution in [3.8, 4) is 0 Å². The summed E-state index contributed by atoms with van der Waals surface area (Å²) in [5.74, 6) is 0.146. The summed E-state index contributed by atoms with van der Waals surface area (Å²) in [5.41, 5.74) is 0.245. The maximum absolute atomic E-state index is 12.4. The van der Waals surface area contributed by atoms with Crippen LogP contribution in [0.3, 0.4) is 0 Å². The van der Waals surface area contributed by atoms with Crippen LogP contribution in [0.15, 0.2) is 29.5 Å². The van der Waals surface area contributed by atoms with E-state index in [0.717, 1.165) is 0 Å². The van der Waals surface area contributed by atoms with E-state index in [2.05, 4.69) is 15.3 Å². The molecular formula is C15H18ClN5O3. The number of hydrogen-bond donors (Lipinski definition) is 2. The third kappa shape index (κ3) is 3.60. The number of hydrogen-bond acceptors (Lipinski definition) is 5. The summed E-state index contributed by atoms with van der Waals surface area (Å²) in [6, 6.07) is 1.60. The van der Waals surface area contributed by atoms with Gasteiger partial charge in [0.15, 0.2) is 5.82 Å². The highest BCUT2D eigenvalue weighted by Crippen LogP contribution is 2.14. The Morgan fingerprint density at radius 2 is 2.42 bits per heavy atom. The Hall–Kier alpha value is -2.32. The Balaban J connectivity index is 1.60. The smallest absolute Gasteiger partial charge is 0.293 e. The van der Waals surface area contributed by atoms with Crippen molar-refractivity contribution in [2.24, 2.45) is 7.05 Å². The molecule has 128 valence electrons. The van der Waals surface area contributed by atoms with Crippen molar-refractivity contribution in [3.63, 3.8) is 0 Å². The molecule has 8 nitrogen and oxygen atoms in total. The van der Waals surface area contributed by atoms with Crippen LogP contribution in [-0.2, 0) is 11.8 Å². The number of anilines is 1. The predicted octanol–water partition coefficient (Wildman–Crippen LogP) is 0.715. The molecule has 0 aromatic carbocycles. The fourth-order valence-corrected chi connectivity index (χ4v) is 2.68. The fraction of sp³-hybridized carbons (Fsp3) is 0.400. The molecule has 3 heterocycles. The molecule has 0 aliphatic carbocycles. The van der Waals surface area contributed by atoms with Crippen molar-refractivity contribution in [1.82, 2.24) is 19.4 Å². The molecule has 1 aliphatic rings. The van der Waals surface area contributed by atoms with E-state index in [9.17, 15) is 9.59 Å². The number of nitrogens with zero attached hydrogens (tertiary/aromatic N) is 3. The fourth-order valence-electron chi connectivity index (χ4n) is 2.52. The summed E-state index contributed by atoms with van der Waals surface area (Å²) in [7, 11) is 1.66. The molecular weight excluding hydrogens is 334 g/mol. The Bertz CT molecular complexity index is 787. The van der Waals surface area contributed by atoms with Crippen LogP contribution in [0, 0.1) is 0 Å². The van der Waals surface area contributed by atoms with Gasteiger partial charge in [0, 0.05) is 45.3 Å². The van der Waals surface area contributed by atoms with Gasteiger partial charge in [-0.1, -0.05) is 11.6 Å². The summed E-state index contributed by atoms with van der Waals surface area (Å²) in [6.07, 6.45) is 4.49. The Labute approximate surface area is 143 Å². The average Bonchev–Trinajstić information content (AvgIpc) is 3.02. The number of carbonyl (C=O) groups excluding carboxylic acids is 1. The van der Waals surface area contributed by atoms with Gasteiger partial charge < -0.3 is 24.5 Å². The molecule has 24 heavy (non-hydrogen) atoms. The monoisotopic (exact) mass is 351 g/mol. The second kappa shape index (κ2) is 7.06. The maximum atomic E-state index is 12.4. The van der Waals surface area contributed by atoms with E-state index >= 15 is 0 Å². The number of nitrogens with one attached hydrogen (secondary N) is 2. The number of amides is 1. The molecule has 3 rings (SSSR count). The topological polar surface area (TPSA) is 92.2 Å². The first-order valence-corrected chi connectivity index (χ1v) is 7.92. The van der Waals surface area contributed by atoms with Gasteiger partial charge in [0.25, 0.3) is 11.5 Å². The lowest BCUT2D eigenvalue weighted by atomic mass is 10.2. The van der Waals surface area contributed by atoms with E-state index in [1.807, 2.05) is 0 Å². The molecule has 0 unspecified atom stereocenters. The van der Waals surface area contributed by atoms with Crippen LogP contribution in [0.5, 0.6) is 0 Å². The number of aromatic nitrogens is 3. The molecule has 0 spiro atoms. The van der Waals surface area contributed by atoms with Crippen LogP contribution < -0.4 is 10.9 Å². The Morgan fingerprint density at radius 3 is 3.17 bits per heavy atom. The van der Waals surface area contributed by atoms with Gasteiger partial charge in [0.05, 0.1) is 17.7 Å². The van der Waals surface area contributed by atoms with Crippen molar-refractivity contribution in [1.29, 1.82) is 0 Å². The number of aryl methyl sites for hydroxylation is 1. The highest BCUT2D eigenvalue weighted by Gasteiger charge is 2.26. The van der Waals surface area contributed by atoms with Crippen LogP contribution in [0.1, 0.15) is 10.5 Å². The number of H-pyrrole nitrogens is 1. The van der Waals surface area contributed by atoms with Gasteiger partial charge in [-0.15, -0.1) is 0 Å². The Morgan fingerprint density at radius 1 is 1.58 bits per heavy atom. The zero-order valence-electron chi connectivity index (χ0n) is 13.2. The predicted molar refractivity (Wildman–Crippen MR) is 89.4 cm³/mol. The first kappa shape index (κ1) is 16.5. The van der Waals surface area contributed by atoms with Crippen molar-refractivity contribution in [2.45, 2.75) is 6.10 Å². The van der Waals surface area contributed by atoms with Gasteiger partial charge in [0.2, 0.25) is 0 Å². The number of aromatic amines is 1. The van der Waals surface area contributed by atoms with Crippen LogP contribution in [-0.4, -0.2) is 57.7 Å². The van der Waals surface area contributed by atoms with Gasteiger partial charge in [-0.2, -0.15) is 0 Å². The van der Waals surface area contributed by atoms with E-state index in [1.54, 1.807) is 36.6 Å². The highest BCUT2D eigenvalue weighted by atomic mass is 35.5. The van der Waals surface area contributed by atoms with Gasteiger partial charge >= 0.3 is 0 Å². The van der Waals surface area contributed by atoms with Gasteiger partial charge in [-0.25, -0.2) is 4.98 Å². The van der Waals surface area contributed by atoms with Crippen LogP contribution in [0.2, 0.25) is 5.02 Å². The summed E-state index contributed by atoms with van der Waals surface area (Å²) in [4.78, 5) is 32.9. The molecule has 0 radical (unpaired) electrons. The Kier molecular flexibility index (Phi) is 4.86. The van der Waals surface area contributed by atoms with Crippen molar-refractivity contribution in [2.75, 3.05) is 31.6 Å². The third-order valence-corrected chi connectivity index (χ3v) is 4.04. The molecule has 1 atom stereocenters. The lowest BCUT2D eigenvalue weighted by molar-refractivity contribution is -0.0151. The van der Waals surface area contributed by atoms with Crippen molar-refractivity contribution in [3.05, 3.63) is 45.7 Å². The molecule has 9 heteroatoms. The quantitative estimate of drug-likeness (QED) is 0.846. The van der Waals surface area contributed by atoms with Gasteiger partial charge in [-0.3, -0.25) is 9.59 Å². The number of ether oxygens (including phenoxy) is 1. The molecule has 1 saturated heterocycles. The van der Waals surface area contributed by atoms with Crippen LogP contribution in [0.25, 0.3) is 0 Å². The summed E-state index contributed by atoms with van der Waals surface area (Å²) in [6.45, 7) is 1.77. The molecule has 2 N–H and O–H groups in total. The zero-order valence-corrected chi connectivity index (χ0v) is 13.9. The molecule has 1 fully saturated rings. The average molecular weight is 352 g/mol. The van der Waals surface area contributed by atoms with Crippen LogP contribution >= 0.6 is 11.6 Å². The van der Waals surface area contributed by atoms with E-state index in [4.69, 9.17) is 16.3 Å². The largest absolute Gasteiger partial charge is 0.373 e. The van der Waals surface area contributed by atoms with E-state index in [1.165, 1.54) is 4.57 Å². The lowest BCUT2D eigenvalue weighted by Crippen LogP contribution is -2.48.